The second kappa shape index (κ2) is 34.3. The molecule has 0 aromatic heterocycles. The Labute approximate surface area is 316 Å². The average Bonchev–Trinajstić information content (AvgIpc) is 3.09. The first kappa shape index (κ1) is 48.2. The molecular formula is C44H70NO7+. The largest absolute Gasteiger partial charge is 0.477 e. The lowest BCUT2D eigenvalue weighted by molar-refractivity contribution is -0.887. The quantitative estimate of drug-likeness (QED) is 0.0319. The van der Waals surface area contributed by atoms with Gasteiger partial charge < -0.3 is 23.8 Å². The molecule has 0 aliphatic heterocycles. The zero-order valence-electron chi connectivity index (χ0n) is 33.0. The highest BCUT2D eigenvalue weighted by Crippen LogP contribution is 2.11. The van der Waals surface area contributed by atoms with E-state index in [1.54, 1.807) is 0 Å². The molecule has 0 saturated heterocycles. The predicted molar refractivity (Wildman–Crippen MR) is 215 cm³/mol. The summed E-state index contributed by atoms with van der Waals surface area (Å²) in [4.78, 5) is 36.8. The van der Waals surface area contributed by atoms with Gasteiger partial charge in [-0.1, -0.05) is 137 Å². The lowest BCUT2D eigenvalue weighted by Gasteiger charge is -2.31. The van der Waals surface area contributed by atoms with Gasteiger partial charge in [-0.05, 0) is 51.4 Å². The number of rotatable bonds is 32. The number of likely N-dealkylation sites (N-methyl/N-ethyl adjacent to an activating group) is 1. The molecule has 0 heterocycles. The van der Waals surface area contributed by atoms with Crippen LogP contribution in [0.3, 0.4) is 0 Å². The van der Waals surface area contributed by atoms with Gasteiger partial charge >= 0.3 is 17.9 Å². The Morgan fingerprint density at radius 3 is 1.58 bits per heavy atom. The van der Waals surface area contributed by atoms with E-state index in [2.05, 4.69) is 50.3 Å². The smallest absolute Gasteiger partial charge is 0.362 e. The highest BCUT2D eigenvalue weighted by molar-refractivity contribution is 5.72. The lowest BCUT2D eigenvalue weighted by atomic mass is 10.1. The number of esters is 2. The third-order valence-electron chi connectivity index (χ3n) is 7.91. The van der Waals surface area contributed by atoms with Gasteiger partial charge in [-0.15, -0.1) is 0 Å². The van der Waals surface area contributed by atoms with Gasteiger partial charge in [0.2, 0.25) is 0 Å². The summed E-state index contributed by atoms with van der Waals surface area (Å²) >= 11 is 0. The number of carboxylic acids is 1. The summed E-state index contributed by atoms with van der Waals surface area (Å²) in [6, 6.07) is -0.631. The molecule has 8 heteroatoms. The van der Waals surface area contributed by atoms with E-state index in [1.165, 1.54) is 12.8 Å². The Bertz CT molecular complexity index is 1170. The molecule has 0 aliphatic carbocycles. The van der Waals surface area contributed by atoms with Gasteiger partial charge in [-0.25, -0.2) is 4.79 Å². The van der Waals surface area contributed by atoms with Crippen molar-refractivity contribution in [3.63, 3.8) is 0 Å². The third-order valence-corrected chi connectivity index (χ3v) is 7.91. The molecule has 0 fully saturated rings. The SMILES string of the molecule is CC/C=C/C=C/C=C/C=C/C=C/C=C/CCCCCC(=O)OCC(COCCC(C(=O)O)[N+](C)(C)C)OC(=O)CCCCC/C=C/C=C/CCCC. The Morgan fingerprint density at radius 1 is 0.596 bits per heavy atom. The summed E-state index contributed by atoms with van der Waals surface area (Å²) in [6.07, 6.45) is 44.5. The van der Waals surface area contributed by atoms with Gasteiger partial charge in [0.25, 0.3) is 0 Å². The number of unbranched alkanes of at least 4 members (excludes halogenated alkanes) is 8. The van der Waals surface area contributed by atoms with Gasteiger partial charge in [0.1, 0.15) is 6.61 Å². The number of quaternary nitrogens is 1. The summed E-state index contributed by atoms with van der Waals surface area (Å²) in [5.41, 5.74) is 0. The first-order valence-electron chi connectivity index (χ1n) is 19.4. The molecule has 292 valence electrons. The van der Waals surface area contributed by atoms with Crippen LogP contribution in [0, 0.1) is 0 Å². The lowest BCUT2D eigenvalue weighted by Crippen LogP contribution is -2.50. The molecule has 0 aliphatic rings. The molecule has 0 radical (unpaired) electrons. The fourth-order valence-corrected chi connectivity index (χ4v) is 4.86. The molecule has 0 aromatic rings. The van der Waals surface area contributed by atoms with Crippen LogP contribution in [0.25, 0.3) is 0 Å². The van der Waals surface area contributed by atoms with Crippen molar-refractivity contribution >= 4 is 17.9 Å². The normalized spacial score (nSPS) is 14.1. The third kappa shape index (κ3) is 32.2. The number of aliphatic carboxylic acids is 1. The Morgan fingerprint density at radius 2 is 1.08 bits per heavy atom. The van der Waals surface area contributed by atoms with Gasteiger partial charge in [0, 0.05) is 19.3 Å². The maximum atomic E-state index is 12.6. The number of ether oxygens (including phenoxy) is 3. The zero-order valence-corrected chi connectivity index (χ0v) is 33.0. The molecule has 0 saturated carbocycles. The number of carbonyl (C=O) groups is 3. The van der Waals surface area contributed by atoms with E-state index in [0.29, 0.717) is 25.7 Å². The van der Waals surface area contributed by atoms with Crippen molar-refractivity contribution in [1.29, 1.82) is 0 Å². The summed E-state index contributed by atoms with van der Waals surface area (Å²) in [5.74, 6) is -1.58. The van der Waals surface area contributed by atoms with E-state index in [4.69, 9.17) is 14.2 Å². The van der Waals surface area contributed by atoms with Gasteiger partial charge in [0.05, 0.1) is 34.4 Å². The van der Waals surface area contributed by atoms with Crippen LogP contribution in [0.1, 0.15) is 110 Å². The minimum atomic E-state index is -0.893. The molecule has 2 atom stereocenters. The van der Waals surface area contributed by atoms with Crippen LogP contribution >= 0.6 is 0 Å². The van der Waals surface area contributed by atoms with Gasteiger partial charge in [0.15, 0.2) is 12.1 Å². The maximum absolute atomic E-state index is 12.6. The van der Waals surface area contributed by atoms with Crippen molar-refractivity contribution in [3.05, 3.63) is 97.2 Å². The van der Waals surface area contributed by atoms with Crippen molar-refractivity contribution < 1.29 is 38.2 Å². The minimum Gasteiger partial charge on any atom is -0.477 e. The highest BCUT2D eigenvalue weighted by atomic mass is 16.6. The van der Waals surface area contributed by atoms with Crippen molar-refractivity contribution in [1.82, 2.24) is 0 Å². The second-order valence-corrected chi connectivity index (χ2v) is 13.6. The van der Waals surface area contributed by atoms with Crippen LogP contribution in [0.4, 0.5) is 0 Å². The van der Waals surface area contributed by atoms with Crippen LogP contribution in [-0.4, -0.2) is 80.6 Å². The van der Waals surface area contributed by atoms with Crippen LogP contribution in [0.5, 0.6) is 0 Å². The fraction of sp³-hybridized carbons (Fsp3) is 0.568. The summed E-state index contributed by atoms with van der Waals surface area (Å²) < 4.78 is 17.1. The van der Waals surface area contributed by atoms with Crippen LogP contribution < -0.4 is 0 Å². The van der Waals surface area contributed by atoms with E-state index in [0.717, 1.165) is 51.4 Å². The molecule has 1 N–H and O–H groups in total. The number of nitrogens with zero attached hydrogens (tertiary/aromatic N) is 1. The summed E-state index contributed by atoms with van der Waals surface area (Å²) in [6.45, 7) is 4.42. The first-order valence-corrected chi connectivity index (χ1v) is 19.4. The average molecular weight is 725 g/mol. The van der Waals surface area contributed by atoms with Crippen LogP contribution in [-0.2, 0) is 28.6 Å². The molecule has 0 rings (SSSR count). The van der Waals surface area contributed by atoms with Crippen molar-refractivity contribution in [3.8, 4) is 0 Å². The summed E-state index contributed by atoms with van der Waals surface area (Å²) in [5, 5.41) is 9.58. The van der Waals surface area contributed by atoms with Gasteiger partial charge in [-0.3, -0.25) is 9.59 Å². The predicted octanol–water partition coefficient (Wildman–Crippen LogP) is 9.96. The molecular weight excluding hydrogens is 654 g/mol. The monoisotopic (exact) mass is 725 g/mol. The molecule has 2 unspecified atom stereocenters. The Balaban J connectivity index is 4.57. The van der Waals surface area contributed by atoms with Crippen molar-refractivity contribution in [2.75, 3.05) is 41.0 Å². The van der Waals surface area contributed by atoms with Gasteiger partial charge in [-0.2, -0.15) is 0 Å². The highest BCUT2D eigenvalue weighted by Gasteiger charge is 2.31. The minimum absolute atomic E-state index is 0.0284. The topological polar surface area (TPSA) is 99.1 Å². The summed E-state index contributed by atoms with van der Waals surface area (Å²) in [7, 11) is 5.48. The zero-order chi connectivity index (χ0) is 38.5. The second-order valence-electron chi connectivity index (χ2n) is 13.6. The number of carbonyl (C=O) groups excluding carboxylic acids is 2. The van der Waals surface area contributed by atoms with E-state index >= 15 is 0 Å². The van der Waals surface area contributed by atoms with E-state index < -0.39 is 18.1 Å². The fourth-order valence-electron chi connectivity index (χ4n) is 4.86. The molecule has 0 spiro atoms. The standard InChI is InChI=1S/C44H69NO7/c1-6-8-10-12-14-16-18-19-20-21-22-23-25-26-28-30-32-34-42(46)51-39-40(38-50-37-36-41(44(48)49)45(3,4)5)52-43(47)35-33-31-29-27-24-17-15-13-11-9-7-2/h8,10,12-25,40-41H,6-7,9,11,26-39H2,1-5H3/p+1/b10-8+,14-12+,15-13+,18-16+,20-19+,22-21+,24-17+,25-23+. The number of carboxylic acid groups (broad SMARTS) is 1. The van der Waals surface area contributed by atoms with Crippen LogP contribution in [0.15, 0.2) is 97.2 Å². The van der Waals surface area contributed by atoms with Crippen molar-refractivity contribution in [2.24, 2.45) is 0 Å². The molecule has 52 heavy (non-hydrogen) atoms. The number of allylic oxidation sites excluding steroid dienone is 16. The van der Waals surface area contributed by atoms with E-state index in [-0.39, 0.29) is 42.7 Å². The van der Waals surface area contributed by atoms with E-state index in [1.807, 2.05) is 81.9 Å². The Hall–Kier alpha value is -3.75. The number of hydrogen-bond acceptors (Lipinski definition) is 6. The first-order chi connectivity index (χ1) is 25.1. The van der Waals surface area contributed by atoms with E-state index in [9.17, 15) is 19.5 Å². The Kier molecular flexibility index (Phi) is 31.9. The molecule has 8 nitrogen and oxygen atoms in total. The van der Waals surface area contributed by atoms with Crippen molar-refractivity contribution in [2.45, 2.75) is 122 Å². The molecule has 0 bridgehead atoms. The molecule has 0 amide bonds. The maximum Gasteiger partial charge on any atom is 0.362 e. The van der Waals surface area contributed by atoms with Crippen LogP contribution in [0.2, 0.25) is 0 Å². The molecule has 0 aromatic carbocycles. The number of hydrogen-bond donors (Lipinski definition) is 1.